The van der Waals surface area contributed by atoms with Crippen molar-refractivity contribution in [3.05, 3.63) is 22.8 Å². The molecule has 7 heavy (non-hydrogen) atoms. The van der Waals surface area contributed by atoms with Crippen molar-refractivity contribution in [1.29, 1.82) is 0 Å². The summed E-state index contributed by atoms with van der Waals surface area (Å²) >= 11 is -1.00. The second-order valence-corrected chi connectivity index (χ2v) is 5.24. The van der Waals surface area contributed by atoms with Gasteiger partial charge >= 0.3 is 45.7 Å². The molecule has 2 rings (SSSR count). The van der Waals surface area contributed by atoms with Crippen LogP contribution >= 0.6 is 0 Å². The Balaban J connectivity index is 2.58. The first-order valence-electron chi connectivity index (χ1n) is 2.24. The molecule has 1 saturated heterocycles. The summed E-state index contributed by atoms with van der Waals surface area (Å²) < 4.78 is 6.47. The van der Waals surface area contributed by atoms with Crippen molar-refractivity contribution >= 4 is 19.1 Å². The Hall–Kier alpha value is -0.307. The minimum atomic E-state index is -1.00. The molecule has 2 aliphatic rings. The fraction of sp³-hybridized carbons (Fsp3) is 0. The summed E-state index contributed by atoms with van der Waals surface area (Å²) in [4.78, 5) is 2.20. The SMILES string of the molecule is C1=C[CH]=[Ge]2[O][C]2=C1. The van der Waals surface area contributed by atoms with E-state index in [0.717, 1.165) is 0 Å². The maximum atomic E-state index is 5.19. The first-order chi connectivity index (χ1) is 3.47. The van der Waals surface area contributed by atoms with Crippen LogP contribution in [0.25, 0.3) is 0 Å². The molecule has 0 unspecified atom stereocenters. The molecule has 0 aromatic carbocycles. The molecule has 0 N–H and O–H groups in total. The summed E-state index contributed by atoms with van der Waals surface area (Å²) in [6, 6.07) is 0. The third-order valence-electron chi connectivity index (χ3n) is 1.03. The van der Waals surface area contributed by atoms with Crippen LogP contribution in [0.4, 0.5) is 0 Å². The van der Waals surface area contributed by atoms with Gasteiger partial charge in [-0.25, -0.2) is 0 Å². The molecule has 0 aromatic heterocycles. The van der Waals surface area contributed by atoms with Crippen LogP contribution in [0, 0.1) is 0 Å². The average molecular weight is 153 g/mol. The van der Waals surface area contributed by atoms with Crippen LogP contribution in [0.5, 0.6) is 0 Å². The summed E-state index contributed by atoms with van der Waals surface area (Å²) in [7, 11) is 0. The van der Waals surface area contributed by atoms with Gasteiger partial charge in [0.15, 0.2) is 0 Å². The number of hydrogen-bond acceptors (Lipinski definition) is 1. The van der Waals surface area contributed by atoms with Crippen molar-refractivity contribution in [2.24, 2.45) is 0 Å². The quantitative estimate of drug-likeness (QED) is 0.362. The summed E-state index contributed by atoms with van der Waals surface area (Å²) in [6.45, 7) is 0. The van der Waals surface area contributed by atoms with E-state index in [0.29, 0.717) is 0 Å². The molecule has 2 heterocycles. The average Bonchev–Trinajstić information content (AvgIpc) is 2.41. The van der Waals surface area contributed by atoms with Crippen LogP contribution in [0.1, 0.15) is 0 Å². The van der Waals surface area contributed by atoms with Gasteiger partial charge in [-0.2, -0.15) is 0 Å². The first-order valence-corrected chi connectivity index (χ1v) is 5.35. The summed E-state index contributed by atoms with van der Waals surface area (Å²) in [6.07, 6.45) is 6.17. The third-order valence-corrected chi connectivity index (χ3v) is 4.18. The molecule has 0 amide bonds. The van der Waals surface area contributed by atoms with Crippen molar-refractivity contribution in [1.82, 2.24) is 0 Å². The van der Waals surface area contributed by atoms with Crippen LogP contribution in [-0.4, -0.2) is 19.1 Å². The van der Waals surface area contributed by atoms with Gasteiger partial charge in [-0.1, -0.05) is 0 Å². The molecule has 0 spiro atoms. The van der Waals surface area contributed by atoms with Crippen molar-refractivity contribution in [2.75, 3.05) is 0 Å². The molecular weight excluding hydrogens is 149 g/mol. The van der Waals surface area contributed by atoms with Gasteiger partial charge < -0.3 is 0 Å². The third kappa shape index (κ3) is 0.482. The Morgan fingerprint density at radius 1 is 1.43 bits per heavy atom. The van der Waals surface area contributed by atoms with Gasteiger partial charge in [0.05, 0.1) is 0 Å². The van der Waals surface area contributed by atoms with Crippen LogP contribution in [0.15, 0.2) is 22.8 Å². The molecule has 34 valence electrons. The Labute approximate surface area is 46.3 Å². The Morgan fingerprint density at radius 2 is 2.43 bits per heavy atom. The molecule has 2 aliphatic heterocycles. The zero-order valence-electron chi connectivity index (χ0n) is 3.72. The van der Waals surface area contributed by atoms with E-state index in [4.69, 9.17) is 3.76 Å². The Morgan fingerprint density at radius 3 is 3.00 bits per heavy atom. The second kappa shape index (κ2) is 1.10. The molecule has 0 aromatic rings. The van der Waals surface area contributed by atoms with E-state index in [-0.39, 0.29) is 0 Å². The maximum absolute atomic E-state index is 5.19. The summed E-state index contributed by atoms with van der Waals surface area (Å²) in [5.41, 5.74) is 0. The molecule has 0 saturated carbocycles. The van der Waals surface area contributed by atoms with Crippen LogP contribution in [0.2, 0.25) is 0 Å². The van der Waals surface area contributed by atoms with Crippen molar-refractivity contribution in [3.8, 4) is 0 Å². The van der Waals surface area contributed by atoms with Crippen LogP contribution in [-0.2, 0) is 3.76 Å². The zero-order valence-corrected chi connectivity index (χ0v) is 5.82. The Bertz CT molecular complexity index is 168. The predicted molar refractivity (Wildman–Crippen MR) is 30.1 cm³/mol. The van der Waals surface area contributed by atoms with E-state index in [1.807, 2.05) is 6.08 Å². The number of allylic oxidation sites excluding steroid dienone is 3. The molecule has 1 fully saturated rings. The second-order valence-electron chi connectivity index (χ2n) is 1.55. The van der Waals surface area contributed by atoms with Gasteiger partial charge in [-0.05, 0) is 0 Å². The van der Waals surface area contributed by atoms with E-state index in [9.17, 15) is 0 Å². The van der Waals surface area contributed by atoms with Crippen molar-refractivity contribution < 1.29 is 3.76 Å². The fourth-order valence-electron chi connectivity index (χ4n) is 0.611. The number of rotatable bonds is 0. The molecule has 0 bridgehead atoms. The van der Waals surface area contributed by atoms with Gasteiger partial charge in [0.25, 0.3) is 0 Å². The van der Waals surface area contributed by atoms with Gasteiger partial charge in [0, 0.05) is 0 Å². The molecule has 0 radical (unpaired) electrons. The fourth-order valence-corrected chi connectivity index (χ4v) is 3.42. The number of fused-ring (bicyclic) bond motifs is 1. The molecule has 0 aliphatic carbocycles. The van der Waals surface area contributed by atoms with Gasteiger partial charge in [-0.3, -0.25) is 0 Å². The normalized spacial score (nSPS) is 21.7. The first kappa shape index (κ1) is 3.67. The van der Waals surface area contributed by atoms with Crippen LogP contribution in [0.3, 0.4) is 0 Å². The summed E-state index contributed by atoms with van der Waals surface area (Å²) in [5, 5.41) is 0. The van der Waals surface area contributed by atoms with E-state index in [2.05, 4.69) is 17.0 Å². The van der Waals surface area contributed by atoms with E-state index >= 15 is 0 Å². The minimum absolute atomic E-state index is 1.00. The molecule has 1 nitrogen and oxygen atoms in total. The monoisotopic (exact) mass is 154 g/mol. The van der Waals surface area contributed by atoms with Gasteiger partial charge in [0.1, 0.15) is 0 Å². The standard InChI is InChI=1S/C5H4GeO/c1-2-4-6-5(3-1)7-6/h1-4H. The molecular formula is C5H4GeO. The zero-order chi connectivity index (χ0) is 4.69. The van der Waals surface area contributed by atoms with Crippen molar-refractivity contribution in [3.63, 3.8) is 0 Å². The Kier molecular flexibility index (Phi) is 0.574. The van der Waals surface area contributed by atoms with E-state index in [1.54, 1.807) is 0 Å². The predicted octanol–water partition coefficient (Wildman–Crippen LogP) is 0.385. The van der Waals surface area contributed by atoms with Crippen molar-refractivity contribution in [2.45, 2.75) is 0 Å². The molecule has 0 atom stereocenters. The number of hydrogen-bond donors (Lipinski definition) is 0. The van der Waals surface area contributed by atoms with Gasteiger partial charge in [0.2, 0.25) is 0 Å². The summed E-state index contributed by atoms with van der Waals surface area (Å²) in [5.74, 6) is 0. The van der Waals surface area contributed by atoms with Crippen LogP contribution < -0.4 is 0 Å². The van der Waals surface area contributed by atoms with Gasteiger partial charge in [-0.15, -0.1) is 0 Å². The van der Waals surface area contributed by atoms with E-state index in [1.165, 1.54) is 4.59 Å². The molecule has 2 heteroatoms. The van der Waals surface area contributed by atoms with E-state index < -0.39 is 14.2 Å². The topological polar surface area (TPSA) is 12.5 Å².